The monoisotopic (exact) mass is 367 g/mol. The first-order chi connectivity index (χ1) is 13.2. The fourth-order valence-corrected chi connectivity index (χ4v) is 2.52. The highest BCUT2D eigenvalue weighted by molar-refractivity contribution is 5.96. The van der Waals surface area contributed by atoms with Crippen LogP contribution in [-0.4, -0.2) is 36.8 Å². The minimum absolute atomic E-state index is 0.125. The first-order valence-corrected chi connectivity index (χ1v) is 8.59. The number of para-hydroxylation sites is 2. The SMILES string of the molecule is CCCOC(=O)c1nc2ccccc2nc1Nc1ccc(OC)cc1OC. The van der Waals surface area contributed by atoms with E-state index in [1.165, 1.54) is 0 Å². The number of nitrogens with zero attached hydrogens (tertiary/aromatic N) is 2. The van der Waals surface area contributed by atoms with E-state index in [-0.39, 0.29) is 5.69 Å². The number of carbonyl (C=O) groups excluding carboxylic acids is 1. The lowest BCUT2D eigenvalue weighted by molar-refractivity contribution is 0.0499. The van der Waals surface area contributed by atoms with Gasteiger partial charge < -0.3 is 19.5 Å². The number of benzene rings is 2. The van der Waals surface area contributed by atoms with E-state index >= 15 is 0 Å². The zero-order valence-corrected chi connectivity index (χ0v) is 15.5. The van der Waals surface area contributed by atoms with Crippen molar-refractivity contribution in [2.75, 3.05) is 26.1 Å². The molecule has 3 aromatic rings. The van der Waals surface area contributed by atoms with Crippen molar-refractivity contribution in [3.63, 3.8) is 0 Å². The maximum absolute atomic E-state index is 12.5. The number of fused-ring (bicyclic) bond motifs is 1. The summed E-state index contributed by atoms with van der Waals surface area (Å²) in [7, 11) is 3.14. The molecule has 27 heavy (non-hydrogen) atoms. The van der Waals surface area contributed by atoms with Crippen molar-refractivity contribution in [2.45, 2.75) is 13.3 Å². The van der Waals surface area contributed by atoms with E-state index in [9.17, 15) is 4.79 Å². The Labute approximate surface area is 157 Å². The van der Waals surface area contributed by atoms with Gasteiger partial charge in [0.05, 0.1) is 37.5 Å². The molecular formula is C20H21N3O4. The normalized spacial score (nSPS) is 10.5. The standard InChI is InChI=1S/C20H21N3O4/c1-4-11-27-20(24)18-19(22-15-8-6-5-7-14(15)21-18)23-16-10-9-13(25-2)12-17(16)26-3/h5-10,12H,4,11H2,1-3H3,(H,22,23). The van der Waals surface area contributed by atoms with Crippen LogP contribution in [-0.2, 0) is 4.74 Å². The van der Waals surface area contributed by atoms with Crippen molar-refractivity contribution in [2.24, 2.45) is 0 Å². The largest absolute Gasteiger partial charge is 0.497 e. The Hall–Kier alpha value is -3.35. The lowest BCUT2D eigenvalue weighted by Crippen LogP contribution is -2.13. The molecule has 0 bridgehead atoms. The van der Waals surface area contributed by atoms with Crippen molar-refractivity contribution in [1.82, 2.24) is 9.97 Å². The predicted molar refractivity (Wildman–Crippen MR) is 103 cm³/mol. The Morgan fingerprint density at radius 1 is 1.04 bits per heavy atom. The highest BCUT2D eigenvalue weighted by Gasteiger charge is 2.19. The second-order valence-electron chi connectivity index (χ2n) is 5.74. The molecule has 1 heterocycles. The number of carbonyl (C=O) groups is 1. The highest BCUT2D eigenvalue weighted by Crippen LogP contribution is 2.32. The Morgan fingerprint density at radius 2 is 1.78 bits per heavy atom. The van der Waals surface area contributed by atoms with Gasteiger partial charge in [0.25, 0.3) is 0 Å². The molecule has 0 radical (unpaired) electrons. The van der Waals surface area contributed by atoms with E-state index in [1.54, 1.807) is 38.5 Å². The lowest BCUT2D eigenvalue weighted by Gasteiger charge is -2.14. The summed E-state index contributed by atoms with van der Waals surface area (Å²) in [5.41, 5.74) is 2.04. The zero-order valence-electron chi connectivity index (χ0n) is 15.5. The van der Waals surface area contributed by atoms with E-state index in [4.69, 9.17) is 14.2 Å². The molecule has 0 atom stereocenters. The number of rotatable bonds is 7. The van der Waals surface area contributed by atoms with Gasteiger partial charge in [-0.05, 0) is 30.7 Å². The number of aromatic nitrogens is 2. The molecular weight excluding hydrogens is 346 g/mol. The second kappa shape index (κ2) is 8.35. The molecule has 0 aliphatic rings. The van der Waals surface area contributed by atoms with Gasteiger partial charge in [0.2, 0.25) is 0 Å². The third kappa shape index (κ3) is 4.08. The van der Waals surface area contributed by atoms with Crippen LogP contribution >= 0.6 is 0 Å². The fourth-order valence-electron chi connectivity index (χ4n) is 2.52. The average Bonchev–Trinajstić information content (AvgIpc) is 2.71. The van der Waals surface area contributed by atoms with Gasteiger partial charge in [-0.2, -0.15) is 0 Å². The Bertz CT molecular complexity index is 959. The number of anilines is 2. The molecule has 0 amide bonds. The van der Waals surface area contributed by atoms with E-state index in [2.05, 4.69) is 15.3 Å². The summed E-state index contributed by atoms with van der Waals surface area (Å²) < 4.78 is 15.9. The first-order valence-electron chi connectivity index (χ1n) is 8.59. The lowest BCUT2D eigenvalue weighted by atomic mass is 10.2. The molecule has 1 aromatic heterocycles. The van der Waals surface area contributed by atoms with E-state index in [0.717, 1.165) is 6.42 Å². The summed E-state index contributed by atoms with van der Waals surface area (Å²) >= 11 is 0. The Kier molecular flexibility index (Phi) is 5.71. The third-order valence-corrected chi connectivity index (χ3v) is 3.86. The zero-order chi connectivity index (χ0) is 19.2. The van der Waals surface area contributed by atoms with Gasteiger partial charge in [0.15, 0.2) is 11.5 Å². The van der Waals surface area contributed by atoms with Gasteiger partial charge in [-0.15, -0.1) is 0 Å². The van der Waals surface area contributed by atoms with Crippen LogP contribution < -0.4 is 14.8 Å². The number of hydrogen-bond acceptors (Lipinski definition) is 7. The first kappa shape index (κ1) is 18.4. The maximum Gasteiger partial charge on any atom is 0.360 e. The minimum atomic E-state index is -0.523. The van der Waals surface area contributed by atoms with Gasteiger partial charge in [-0.25, -0.2) is 14.8 Å². The average molecular weight is 367 g/mol. The second-order valence-corrected chi connectivity index (χ2v) is 5.74. The summed E-state index contributed by atoms with van der Waals surface area (Å²) in [5.74, 6) is 0.991. The fraction of sp³-hybridized carbons (Fsp3) is 0.250. The maximum atomic E-state index is 12.5. The topological polar surface area (TPSA) is 82.6 Å². The minimum Gasteiger partial charge on any atom is -0.497 e. The number of methoxy groups -OCH3 is 2. The van der Waals surface area contributed by atoms with Crippen LogP contribution in [0.25, 0.3) is 11.0 Å². The number of esters is 1. The predicted octanol–water partition coefficient (Wildman–Crippen LogP) is 3.96. The van der Waals surface area contributed by atoms with Crippen LogP contribution in [0.4, 0.5) is 11.5 Å². The molecule has 0 saturated carbocycles. The highest BCUT2D eigenvalue weighted by atomic mass is 16.5. The molecule has 0 spiro atoms. The molecule has 0 aliphatic heterocycles. The molecule has 140 valence electrons. The van der Waals surface area contributed by atoms with Crippen molar-refractivity contribution in [3.8, 4) is 11.5 Å². The van der Waals surface area contributed by atoms with E-state index < -0.39 is 5.97 Å². The van der Waals surface area contributed by atoms with Crippen LogP contribution in [0.3, 0.4) is 0 Å². The van der Waals surface area contributed by atoms with Gasteiger partial charge in [-0.3, -0.25) is 0 Å². The Balaban J connectivity index is 2.05. The molecule has 2 aromatic carbocycles. The van der Waals surface area contributed by atoms with Gasteiger partial charge in [0, 0.05) is 6.07 Å². The summed E-state index contributed by atoms with van der Waals surface area (Å²) in [4.78, 5) is 21.5. The van der Waals surface area contributed by atoms with Gasteiger partial charge in [-0.1, -0.05) is 19.1 Å². The van der Waals surface area contributed by atoms with Crippen LogP contribution in [0, 0.1) is 0 Å². The molecule has 0 fully saturated rings. The van der Waals surface area contributed by atoms with Crippen LogP contribution in [0.15, 0.2) is 42.5 Å². The van der Waals surface area contributed by atoms with E-state index in [0.29, 0.717) is 40.6 Å². The van der Waals surface area contributed by atoms with Crippen LogP contribution in [0.2, 0.25) is 0 Å². The van der Waals surface area contributed by atoms with Gasteiger partial charge >= 0.3 is 5.97 Å². The summed E-state index contributed by atoms with van der Waals surface area (Å²) in [6.07, 6.45) is 0.724. The molecule has 7 heteroatoms. The quantitative estimate of drug-likeness (QED) is 0.633. The van der Waals surface area contributed by atoms with Crippen molar-refractivity contribution >= 4 is 28.5 Å². The summed E-state index contributed by atoms with van der Waals surface area (Å²) in [5, 5.41) is 3.14. The number of ether oxygens (including phenoxy) is 3. The molecule has 0 saturated heterocycles. The molecule has 0 unspecified atom stereocenters. The summed E-state index contributed by atoms with van der Waals surface area (Å²) in [6, 6.07) is 12.7. The van der Waals surface area contributed by atoms with Crippen molar-refractivity contribution in [3.05, 3.63) is 48.2 Å². The number of hydrogen-bond donors (Lipinski definition) is 1. The summed E-state index contributed by atoms with van der Waals surface area (Å²) in [6.45, 7) is 2.25. The smallest absolute Gasteiger partial charge is 0.360 e. The van der Waals surface area contributed by atoms with Crippen LogP contribution in [0.1, 0.15) is 23.8 Å². The third-order valence-electron chi connectivity index (χ3n) is 3.86. The van der Waals surface area contributed by atoms with Gasteiger partial charge in [0.1, 0.15) is 11.5 Å². The molecule has 1 N–H and O–H groups in total. The van der Waals surface area contributed by atoms with E-state index in [1.807, 2.05) is 25.1 Å². The van der Waals surface area contributed by atoms with Crippen LogP contribution in [0.5, 0.6) is 11.5 Å². The number of nitrogens with one attached hydrogen (secondary N) is 1. The van der Waals surface area contributed by atoms with Crippen molar-refractivity contribution in [1.29, 1.82) is 0 Å². The molecule has 7 nitrogen and oxygen atoms in total. The van der Waals surface area contributed by atoms with Crippen molar-refractivity contribution < 1.29 is 19.0 Å². The molecule has 3 rings (SSSR count). The Morgan fingerprint density at radius 3 is 2.44 bits per heavy atom. The molecule has 0 aliphatic carbocycles.